The molecule has 2 aliphatic heterocycles. The number of rotatable bonds is 5. The molecule has 2 saturated heterocycles. The van der Waals surface area contributed by atoms with Gasteiger partial charge in [0, 0.05) is 43.8 Å². The normalized spacial score (nSPS) is 28.0. The molecule has 1 unspecified atom stereocenters. The van der Waals surface area contributed by atoms with Crippen molar-refractivity contribution in [2.45, 2.75) is 44.1 Å². The average Bonchev–Trinajstić information content (AvgIpc) is 2.60. The lowest BCUT2D eigenvalue weighted by molar-refractivity contribution is -0.0859. The Morgan fingerprint density at radius 3 is 2.52 bits per heavy atom. The SMILES string of the molecule is COc1ccccc1C1(CCN2CCN(C)CC2)CCOC(C)(C)C1. The van der Waals surface area contributed by atoms with Crippen molar-refractivity contribution in [2.75, 3.05) is 53.5 Å². The lowest BCUT2D eigenvalue weighted by Gasteiger charge is -2.47. The molecule has 140 valence electrons. The summed E-state index contributed by atoms with van der Waals surface area (Å²) in [6, 6.07) is 8.60. The predicted octanol–water partition coefficient (Wildman–Crippen LogP) is 3.16. The van der Waals surface area contributed by atoms with Gasteiger partial charge in [0.1, 0.15) is 5.75 Å². The summed E-state index contributed by atoms with van der Waals surface area (Å²) in [5.41, 5.74) is 1.42. The largest absolute Gasteiger partial charge is 0.496 e. The third-order valence-electron chi connectivity index (χ3n) is 6.02. The van der Waals surface area contributed by atoms with Crippen molar-refractivity contribution in [1.82, 2.24) is 9.80 Å². The van der Waals surface area contributed by atoms with Gasteiger partial charge in [-0.2, -0.15) is 0 Å². The Hall–Kier alpha value is -1.10. The molecule has 1 aromatic rings. The van der Waals surface area contributed by atoms with Crippen molar-refractivity contribution in [3.05, 3.63) is 29.8 Å². The molecule has 25 heavy (non-hydrogen) atoms. The van der Waals surface area contributed by atoms with Crippen LogP contribution in [0.5, 0.6) is 5.75 Å². The van der Waals surface area contributed by atoms with Crippen molar-refractivity contribution in [3.8, 4) is 5.75 Å². The smallest absolute Gasteiger partial charge is 0.122 e. The zero-order chi connectivity index (χ0) is 17.9. The molecule has 2 fully saturated rings. The summed E-state index contributed by atoms with van der Waals surface area (Å²) in [6.45, 7) is 11.2. The van der Waals surface area contributed by atoms with Crippen LogP contribution in [0.2, 0.25) is 0 Å². The maximum absolute atomic E-state index is 6.06. The Kier molecular flexibility index (Phi) is 5.71. The second-order valence-electron chi connectivity index (χ2n) is 8.41. The topological polar surface area (TPSA) is 24.9 Å². The van der Waals surface area contributed by atoms with Crippen LogP contribution in [0.15, 0.2) is 24.3 Å². The van der Waals surface area contributed by atoms with E-state index in [0.717, 1.165) is 31.7 Å². The highest BCUT2D eigenvalue weighted by Crippen LogP contribution is 2.47. The second kappa shape index (κ2) is 7.65. The van der Waals surface area contributed by atoms with Gasteiger partial charge in [-0.25, -0.2) is 0 Å². The first-order valence-electron chi connectivity index (χ1n) is 9.63. The van der Waals surface area contributed by atoms with Crippen LogP contribution in [0, 0.1) is 0 Å². The van der Waals surface area contributed by atoms with Gasteiger partial charge in [-0.05, 0) is 52.8 Å². The highest BCUT2D eigenvalue weighted by molar-refractivity contribution is 5.40. The molecule has 0 N–H and O–H groups in total. The number of piperazine rings is 1. The van der Waals surface area contributed by atoms with Crippen molar-refractivity contribution in [2.24, 2.45) is 0 Å². The minimum Gasteiger partial charge on any atom is -0.496 e. The summed E-state index contributed by atoms with van der Waals surface area (Å²) >= 11 is 0. The Balaban J connectivity index is 1.82. The van der Waals surface area contributed by atoms with Crippen LogP contribution >= 0.6 is 0 Å². The molecule has 0 radical (unpaired) electrons. The molecule has 0 saturated carbocycles. The first-order chi connectivity index (χ1) is 11.9. The zero-order valence-corrected chi connectivity index (χ0v) is 16.4. The predicted molar refractivity (Wildman–Crippen MR) is 102 cm³/mol. The van der Waals surface area contributed by atoms with Gasteiger partial charge in [-0.15, -0.1) is 0 Å². The Morgan fingerprint density at radius 2 is 1.84 bits per heavy atom. The maximum atomic E-state index is 6.06. The molecule has 0 aromatic heterocycles. The van der Waals surface area contributed by atoms with E-state index >= 15 is 0 Å². The first-order valence-corrected chi connectivity index (χ1v) is 9.63. The molecule has 0 bridgehead atoms. The van der Waals surface area contributed by atoms with Crippen molar-refractivity contribution in [3.63, 3.8) is 0 Å². The van der Waals surface area contributed by atoms with Crippen LogP contribution in [0.3, 0.4) is 0 Å². The number of nitrogens with zero attached hydrogens (tertiary/aromatic N) is 2. The molecule has 4 nitrogen and oxygen atoms in total. The molecule has 1 atom stereocenters. The fourth-order valence-corrected chi connectivity index (χ4v) is 4.58. The number of hydrogen-bond acceptors (Lipinski definition) is 4. The Labute approximate surface area is 153 Å². The van der Waals surface area contributed by atoms with Gasteiger partial charge in [0.15, 0.2) is 0 Å². The van der Waals surface area contributed by atoms with Crippen molar-refractivity contribution in [1.29, 1.82) is 0 Å². The maximum Gasteiger partial charge on any atom is 0.122 e. The summed E-state index contributed by atoms with van der Waals surface area (Å²) < 4.78 is 11.8. The van der Waals surface area contributed by atoms with Gasteiger partial charge >= 0.3 is 0 Å². The Bertz CT molecular complexity index is 567. The van der Waals surface area contributed by atoms with Crippen LogP contribution < -0.4 is 4.74 Å². The first kappa shape index (κ1) is 18.7. The minimum atomic E-state index is -0.0821. The van der Waals surface area contributed by atoms with E-state index in [1.165, 1.54) is 38.2 Å². The van der Waals surface area contributed by atoms with E-state index in [-0.39, 0.29) is 11.0 Å². The highest BCUT2D eigenvalue weighted by Gasteiger charge is 2.43. The summed E-state index contributed by atoms with van der Waals surface area (Å²) in [7, 11) is 4.01. The van der Waals surface area contributed by atoms with Gasteiger partial charge < -0.3 is 19.3 Å². The molecule has 2 aliphatic rings. The van der Waals surface area contributed by atoms with Gasteiger partial charge in [0.25, 0.3) is 0 Å². The van der Waals surface area contributed by atoms with Crippen LogP contribution in [0.1, 0.15) is 38.7 Å². The number of benzene rings is 1. The average molecular weight is 347 g/mol. The van der Waals surface area contributed by atoms with Crippen molar-refractivity contribution >= 4 is 0 Å². The summed E-state index contributed by atoms with van der Waals surface area (Å²) in [5, 5.41) is 0. The number of hydrogen-bond donors (Lipinski definition) is 0. The van der Waals surface area contributed by atoms with Crippen LogP contribution in [-0.2, 0) is 10.2 Å². The molecular formula is C21H34N2O2. The van der Waals surface area contributed by atoms with Crippen LogP contribution in [0.25, 0.3) is 0 Å². The molecular weight excluding hydrogens is 312 g/mol. The molecule has 0 aliphatic carbocycles. The summed E-state index contributed by atoms with van der Waals surface area (Å²) in [6.07, 6.45) is 3.29. The molecule has 3 rings (SSSR count). The third kappa shape index (κ3) is 4.36. The van der Waals surface area contributed by atoms with E-state index < -0.39 is 0 Å². The molecule has 4 heteroatoms. The fraction of sp³-hybridized carbons (Fsp3) is 0.714. The van der Waals surface area contributed by atoms with Gasteiger partial charge in [0.2, 0.25) is 0 Å². The zero-order valence-electron chi connectivity index (χ0n) is 16.4. The lowest BCUT2D eigenvalue weighted by atomic mass is 9.67. The van der Waals surface area contributed by atoms with Gasteiger partial charge in [0.05, 0.1) is 12.7 Å². The number of ether oxygens (including phenoxy) is 2. The second-order valence-corrected chi connectivity index (χ2v) is 8.41. The van der Waals surface area contributed by atoms with Crippen LogP contribution in [0.4, 0.5) is 0 Å². The van der Waals surface area contributed by atoms with Gasteiger partial charge in [-0.3, -0.25) is 0 Å². The van der Waals surface area contributed by atoms with Crippen LogP contribution in [-0.4, -0.2) is 68.9 Å². The number of para-hydroxylation sites is 1. The van der Waals surface area contributed by atoms with E-state index in [9.17, 15) is 0 Å². The minimum absolute atomic E-state index is 0.0821. The standard InChI is InChI=1S/C21H34N2O2/c1-20(2)17-21(10-16-25-20,18-7-5-6-8-19(18)24-4)9-11-23-14-12-22(3)13-15-23/h5-8H,9-17H2,1-4H3. The molecule has 1 aromatic carbocycles. The third-order valence-corrected chi connectivity index (χ3v) is 6.02. The van der Waals surface area contributed by atoms with E-state index in [0.29, 0.717) is 0 Å². The molecule has 0 spiro atoms. The molecule has 0 amide bonds. The summed E-state index contributed by atoms with van der Waals surface area (Å²) in [5.74, 6) is 1.03. The quantitative estimate of drug-likeness (QED) is 0.818. The number of likely N-dealkylation sites (N-methyl/N-ethyl adjacent to an activating group) is 1. The summed E-state index contributed by atoms with van der Waals surface area (Å²) in [4.78, 5) is 5.05. The van der Waals surface area contributed by atoms with E-state index in [4.69, 9.17) is 9.47 Å². The van der Waals surface area contributed by atoms with E-state index in [1.54, 1.807) is 7.11 Å². The monoisotopic (exact) mass is 346 g/mol. The van der Waals surface area contributed by atoms with E-state index in [1.807, 2.05) is 0 Å². The number of methoxy groups -OCH3 is 1. The lowest BCUT2D eigenvalue weighted by Crippen LogP contribution is -2.48. The highest BCUT2D eigenvalue weighted by atomic mass is 16.5. The fourth-order valence-electron chi connectivity index (χ4n) is 4.58. The Morgan fingerprint density at radius 1 is 1.12 bits per heavy atom. The van der Waals surface area contributed by atoms with E-state index in [2.05, 4.69) is 55.0 Å². The molecule has 2 heterocycles. The van der Waals surface area contributed by atoms with Gasteiger partial charge in [-0.1, -0.05) is 18.2 Å². The van der Waals surface area contributed by atoms with Crippen molar-refractivity contribution < 1.29 is 9.47 Å².